The van der Waals surface area contributed by atoms with Crippen molar-refractivity contribution in [2.24, 2.45) is 0 Å². The Bertz CT molecular complexity index is 888. The molecule has 1 N–H and O–H groups in total. The van der Waals surface area contributed by atoms with E-state index in [2.05, 4.69) is 14.7 Å². The molecule has 1 heterocycles. The quantitative estimate of drug-likeness (QED) is 0.780. The first-order valence-electron chi connectivity index (χ1n) is 8.37. The van der Waals surface area contributed by atoms with E-state index < -0.39 is 15.8 Å². The Morgan fingerprint density at radius 1 is 1.19 bits per heavy atom. The zero-order valence-electron chi connectivity index (χ0n) is 14.6. The second kappa shape index (κ2) is 8.37. The lowest BCUT2D eigenvalue weighted by atomic mass is 9.94. The first kappa shape index (κ1) is 19.8. The molecule has 0 atom stereocenters. The molecule has 0 aliphatic heterocycles. The Balaban J connectivity index is 1.56. The van der Waals surface area contributed by atoms with Crippen molar-refractivity contribution in [2.45, 2.75) is 42.7 Å². The number of aromatic nitrogens is 2. The number of halogens is 2. The van der Waals surface area contributed by atoms with Crippen molar-refractivity contribution >= 4 is 21.6 Å². The monoisotopic (exact) mass is 415 g/mol. The number of methoxy groups -OCH3 is 1. The standard InChI is InChI=1S/C17H19ClFN3O4S/c1-25-16-7-6-14(8-15(16)19)27(23,24)22-12-2-4-13(5-3-12)26-17-20-9-11(18)10-21-17/h6-10,12-13,22H,2-5H2,1H3. The molecule has 27 heavy (non-hydrogen) atoms. The summed E-state index contributed by atoms with van der Waals surface area (Å²) in [7, 11) is -2.49. The van der Waals surface area contributed by atoms with Gasteiger partial charge < -0.3 is 9.47 Å². The predicted molar refractivity (Wildman–Crippen MR) is 97.0 cm³/mol. The number of rotatable bonds is 6. The number of hydrogen-bond donors (Lipinski definition) is 1. The van der Waals surface area contributed by atoms with Crippen LogP contribution in [0.1, 0.15) is 25.7 Å². The molecular weight excluding hydrogens is 397 g/mol. The van der Waals surface area contributed by atoms with Gasteiger partial charge in [0, 0.05) is 6.04 Å². The minimum atomic E-state index is -3.81. The number of sulfonamides is 1. The Morgan fingerprint density at radius 3 is 2.44 bits per heavy atom. The average Bonchev–Trinajstić information content (AvgIpc) is 2.65. The van der Waals surface area contributed by atoms with Crippen molar-refractivity contribution in [1.29, 1.82) is 0 Å². The molecule has 2 aromatic rings. The fraction of sp³-hybridized carbons (Fsp3) is 0.412. The Kier molecular flexibility index (Phi) is 6.13. The van der Waals surface area contributed by atoms with Crippen LogP contribution in [0.3, 0.4) is 0 Å². The number of ether oxygens (including phenoxy) is 2. The minimum Gasteiger partial charge on any atom is -0.494 e. The van der Waals surface area contributed by atoms with Crippen molar-refractivity contribution in [3.8, 4) is 11.8 Å². The number of nitrogens with zero attached hydrogens (tertiary/aromatic N) is 2. The lowest BCUT2D eigenvalue weighted by molar-refractivity contribution is 0.132. The molecule has 7 nitrogen and oxygen atoms in total. The molecule has 146 valence electrons. The van der Waals surface area contributed by atoms with E-state index in [1.807, 2.05) is 0 Å². The van der Waals surface area contributed by atoms with Crippen LogP contribution < -0.4 is 14.2 Å². The highest BCUT2D eigenvalue weighted by molar-refractivity contribution is 7.89. The summed E-state index contributed by atoms with van der Waals surface area (Å²) >= 11 is 5.74. The third kappa shape index (κ3) is 5.06. The summed E-state index contributed by atoms with van der Waals surface area (Å²) in [5.74, 6) is -0.725. The molecule has 1 aromatic heterocycles. The highest BCUT2D eigenvalue weighted by Crippen LogP contribution is 2.25. The Hall–Kier alpha value is -1.97. The van der Waals surface area contributed by atoms with Crippen LogP contribution in [0.2, 0.25) is 5.02 Å². The summed E-state index contributed by atoms with van der Waals surface area (Å²) < 4.78 is 51.9. The third-order valence-corrected chi connectivity index (χ3v) is 6.01. The molecule has 3 rings (SSSR count). The van der Waals surface area contributed by atoms with Crippen LogP contribution in [-0.2, 0) is 10.0 Å². The van der Waals surface area contributed by atoms with Gasteiger partial charge in [-0.2, -0.15) is 0 Å². The molecular formula is C17H19ClFN3O4S. The average molecular weight is 416 g/mol. The molecule has 0 radical (unpaired) electrons. The third-order valence-electron chi connectivity index (χ3n) is 4.30. The molecule has 0 bridgehead atoms. The van der Waals surface area contributed by atoms with Crippen LogP contribution in [0, 0.1) is 5.82 Å². The van der Waals surface area contributed by atoms with Gasteiger partial charge in [0.1, 0.15) is 6.10 Å². The zero-order chi connectivity index (χ0) is 19.4. The molecule has 0 saturated heterocycles. The molecule has 0 spiro atoms. The predicted octanol–water partition coefficient (Wildman–Crippen LogP) is 2.95. The van der Waals surface area contributed by atoms with Gasteiger partial charge in [0.2, 0.25) is 10.0 Å². The van der Waals surface area contributed by atoms with Gasteiger partial charge in [-0.25, -0.2) is 27.5 Å². The van der Waals surface area contributed by atoms with Gasteiger partial charge in [0.05, 0.1) is 29.4 Å². The van der Waals surface area contributed by atoms with Gasteiger partial charge in [0.15, 0.2) is 11.6 Å². The van der Waals surface area contributed by atoms with Gasteiger partial charge >= 0.3 is 6.01 Å². The molecule has 1 aromatic carbocycles. The Labute approximate surface area is 161 Å². The first-order valence-corrected chi connectivity index (χ1v) is 10.2. The minimum absolute atomic E-state index is 0.00368. The SMILES string of the molecule is COc1ccc(S(=O)(=O)NC2CCC(Oc3ncc(Cl)cn3)CC2)cc1F. The first-order chi connectivity index (χ1) is 12.9. The summed E-state index contributed by atoms with van der Waals surface area (Å²) in [5, 5.41) is 0.426. The van der Waals surface area contributed by atoms with Gasteiger partial charge in [-0.05, 0) is 43.9 Å². The number of nitrogens with one attached hydrogen (secondary N) is 1. The summed E-state index contributed by atoms with van der Waals surface area (Å²) in [4.78, 5) is 7.85. The maximum atomic E-state index is 13.8. The molecule has 1 fully saturated rings. The molecule has 1 aliphatic carbocycles. The van der Waals surface area contributed by atoms with Gasteiger partial charge in [-0.15, -0.1) is 0 Å². The number of benzene rings is 1. The maximum Gasteiger partial charge on any atom is 0.316 e. The van der Waals surface area contributed by atoms with Crippen LogP contribution in [0.25, 0.3) is 0 Å². The van der Waals surface area contributed by atoms with E-state index in [9.17, 15) is 12.8 Å². The van der Waals surface area contributed by atoms with E-state index in [1.54, 1.807) is 0 Å². The summed E-state index contributed by atoms with van der Waals surface area (Å²) in [5.41, 5.74) is 0. The molecule has 0 unspecified atom stereocenters. The van der Waals surface area contributed by atoms with Crippen molar-refractivity contribution in [3.63, 3.8) is 0 Å². The fourth-order valence-electron chi connectivity index (χ4n) is 2.91. The summed E-state index contributed by atoms with van der Waals surface area (Å²) in [6.45, 7) is 0. The highest BCUT2D eigenvalue weighted by atomic mass is 35.5. The smallest absolute Gasteiger partial charge is 0.316 e. The van der Waals surface area contributed by atoms with Crippen molar-refractivity contribution in [3.05, 3.63) is 41.4 Å². The molecule has 0 amide bonds. The normalized spacial score (nSPS) is 20.3. The Morgan fingerprint density at radius 2 is 1.85 bits per heavy atom. The van der Waals surface area contributed by atoms with E-state index in [4.69, 9.17) is 21.1 Å². The van der Waals surface area contributed by atoms with Crippen LogP contribution in [0.5, 0.6) is 11.8 Å². The second-order valence-electron chi connectivity index (χ2n) is 6.19. The lowest BCUT2D eigenvalue weighted by Crippen LogP contribution is -2.39. The van der Waals surface area contributed by atoms with Crippen molar-refractivity contribution in [2.75, 3.05) is 7.11 Å². The van der Waals surface area contributed by atoms with Gasteiger partial charge in [-0.3, -0.25) is 0 Å². The van der Waals surface area contributed by atoms with E-state index in [1.165, 1.54) is 31.6 Å². The fourth-order valence-corrected chi connectivity index (χ4v) is 4.32. The van der Waals surface area contributed by atoms with E-state index in [0.717, 1.165) is 6.07 Å². The zero-order valence-corrected chi connectivity index (χ0v) is 16.1. The number of hydrogen-bond acceptors (Lipinski definition) is 6. The van der Waals surface area contributed by atoms with E-state index >= 15 is 0 Å². The van der Waals surface area contributed by atoms with Crippen molar-refractivity contribution in [1.82, 2.24) is 14.7 Å². The van der Waals surface area contributed by atoms with E-state index in [-0.39, 0.29) is 28.8 Å². The molecule has 1 aliphatic rings. The van der Waals surface area contributed by atoms with Crippen LogP contribution in [-0.4, -0.2) is 37.6 Å². The van der Waals surface area contributed by atoms with Crippen LogP contribution in [0.15, 0.2) is 35.5 Å². The van der Waals surface area contributed by atoms with E-state index in [0.29, 0.717) is 30.7 Å². The van der Waals surface area contributed by atoms with Crippen LogP contribution in [0.4, 0.5) is 4.39 Å². The summed E-state index contributed by atoms with van der Waals surface area (Å²) in [6.07, 6.45) is 5.30. The highest BCUT2D eigenvalue weighted by Gasteiger charge is 2.27. The maximum absolute atomic E-state index is 13.8. The molecule has 10 heteroatoms. The van der Waals surface area contributed by atoms with Gasteiger partial charge in [0.25, 0.3) is 0 Å². The second-order valence-corrected chi connectivity index (χ2v) is 8.34. The largest absolute Gasteiger partial charge is 0.494 e. The molecule has 1 saturated carbocycles. The summed E-state index contributed by atoms with van der Waals surface area (Å²) in [6, 6.07) is 3.56. The van der Waals surface area contributed by atoms with Crippen LogP contribution >= 0.6 is 11.6 Å². The van der Waals surface area contributed by atoms with Gasteiger partial charge in [-0.1, -0.05) is 11.6 Å². The lowest BCUT2D eigenvalue weighted by Gasteiger charge is -2.28. The van der Waals surface area contributed by atoms with Crippen molar-refractivity contribution < 1.29 is 22.3 Å². The topological polar surface area (TPSA) is 90.4 Å².